The molecule has 1 aliphatic carbocycles. The Labute approximate surface area is 164 Å². The van der Waals surface area contributed by atoms with Gasteiger partial charge in [-0.25, -0.2) is 0 Å². The van der Waals surface area contributed by atoms with E-state index >= 15 is 0 Å². The molecule has 0 atom stereocenters. The summed E-state index contributed by atoms with van der Waals surface area (Å²) in [6.45, 7) is 0. The fraction of sp³-hybridized carbons (Fsp3) is 0.250. The number of carbonyl (C=O) groups excluding carboxylic acids is 2. The molecule has 29 heavy (non-hydrogen) atoms. The number of hydrogen-bond donors (Lipinski definition) is 3. The quantitative estimate of drug-likeness (QED) is 0.403. The number of carboxylic acid groups (broad SMARTS) is 1. The lowest BCUT2D eigenvalue weighted by Crippen LogP contribution is -2.11. The fourth-order valence-corrected chi connectivity index (χ4v) is 3.88. The predicted octanol–water partition coefficient (Wildman–Crippen LogP) is 2.95. The average molecular weight is 395 g/mol. The number of amides is 1. The minimum atomic E-state index is -0.985. The van der Waals surface area contributed by atoms with Crippen molar-refractivity contribution >= 4 is 40.7 Å². The largest absolute Gasteiger partial charge is 0.481 e. The number of aliphatic carboxylic acids is 1. The van der Waals surface area contributed by atoms with Gasteiger partial charge in [0.15, 0.2) is 5.78 Å². The molecule has 1 aliphatic heterocycles. The summed E-state index contributed by atoms with van der Waals surface area (Å²) in [4.78, 5) is 49.7. The van der Waals surface area contributed by atoms with Crippen LogP contribution in [-0.4, -0.2) is 32.7 Å². The minimum absolute atomic E-state index is 0.0422. The number of carboxylic acids is 1. The summed E-state index contributed by atoms with van der Waals surface area (Å²) in [5.41, 5.74) is 3.28. The molecule has 2 heterocycles. The third-order valence-electron chi connectivity index (χ3n) is 5.20. The molecule has 1 aromatic heterocycles. The van der Waals surface area contributed by atoms with Gasteiger partial charge in [0.25, 0.3) is 11.6 Å². The van der Waals surface area contributed by atoms with Gasteiger partial charge in [-0.15, -0.1) is 0 Å². The highest BCUT2D eigenvalue weighted by Crippen LogP contribution is 2.37. The van der Waals surface area contributed by atoms with Crippen molar-refractivity contribution in [3.05, 3.63) is 56.4 Å². The summed E-state index contributed by atoms with van der Waals surface area (Å²) in [5.74, 6) is -1.44. The van der Waals surface area contributed by atoms with Gasteiger partial charge in [0.2, 0.25) is 0 Å². The van der Waals surface area contributed by atoms with Crippen LogP contribution in [0.25, 0.3) is 11.6 Å². The maximum absolute atomic E-state index is 12.5. The summed E-state index contributed by atoms with van der Waals surface area (Å²) < 4.78 is 0. The number of Topliss-reactive ketones (excluding diaryl/α,β-unsaturated/α-hetero) is 1. The lowest BCUT2D eigenvalue weighted by Gasteiger charge is -2.11. The van der Waals surface area contributed by atoms with Crippen LogP contribution >= 0.6 is 0 Å². The highest BCUT2D eigenvalue weighted by atomic mass is 16.6. The molecule has 9 nitrogen and oxygen atoms in total. The van der Waals surface area contributed by atoms with Crippen LogP contribution in [0.15, 0.2) is 18.2 Å². The Morgan fingerprint density at radius 3 is 2.79 bits per heavy atom. The molecule has 2 aromatic rings. The number of nitro groups is 1. The molecule has 4 rings (SSSR count). The molecule has 1 aromatic carbocycles. The summed E-state index contributed by atoms with van der Waals surface area (Å²) in [6, 6.07) is 4.11. The molecule has 1 amide bonds. The number of nitro benzene ring substituents is 1. The van der Waals surface area contributed by atoms with Crippen molar-refractivity contribution in [1.82, 2.24) is 4.98 Å². The van der Waals surface area contributed by atoms with Gasteiger partial charge >= 0.3 is 5.97 Å². The van der Waals surface area contributed by atoms with E-state index in [0.29, 0.717) is 47.3 Å². The SMILES string of the molecule is O=C(O)CCc1c(/C=C2\C(=O)Nc3ccc([N+](=O)[O-])cc32)[nH]c2c1C(=O)CCC2. The Balaban J connectivity index is 1.84. The number of hydrogen-bond acceptors (Lipinski definition) is 5. The van der Waals surface area contributed by atoms with Crippen LogP contribution in [-0.2, 0) is 22.4 Å². The number of anilines is 1. The first-order valence-electron chi connectivity index (χ1n) is 9.15. The maximum atomic E-state index is 12.5. The van der Waals surface area contributed by atoms with Gasteiger partial charge in [-0.3, -0.25) is 24.5 Å². The zero-order valence-electron chi connectivity index (χ0n) is 15.3. The number of benzene rings is 1. The average Bonchev–Trinajstić information content (AvgIpc) is 3.18. The van der Waals surface area contributed by atoms with E-state index < -0.39 is 16.8 Å². The third kappa shape index (κ3) is 3.31. The van der Waals surface area contributed by atoms with E-state index in [1.165, 1.54) is 18.2 Å². The van der Waals surface area contributed by atoms with Gasteiger partial charge < -0.3 is 15.4 Å². The fourth-order valence-electron chi connectivity index (χ4n) is 3.88. The van der Waals surface area contributed by atoms with E-state index in [2.05, 4.69) is 10.3 Å². The molecule has 0 unspecified atom stereocenters. The van der Waals surface area contributed by atoms with Crippen LogP contribution in [0.4, 0.5) is 11.4 Å². The van der Waals surface area contributed by atoms with E-state index in [1.807, 2.05) is 0 Å². The Morgan fingerprint density at radius 2 is 2.07 bits per heavy atom. The molecular formula is C20H17N3O6. The number of ketones is 1. The van der Waals surface area contributed by atoms with Gasteiger partial charge in [-0.2, -0.15) is 0 Å². The molecule has 3 N–H and O–H groups in total. The Kier molecular flexibility index (Phi) is 4.50. The number of aromatic nitrogens is 1. The lowest BCUT2D eigenvalue weighted by atomic mass is 9.91. The van der Waals surface area contributed by atoms with Gasteiger partial charge in [0, 0.05) is 53.2 Å². The molecule has 148 valence electrons. The zero-order valence-corrected chi connectivity index (χ0v) is 15.3. The smallest absolute Gasteiger partial charge is 0.303 e. The van der Waals surface area contributed by atoms with Crippen molar-refractivity contribution in [3.63, 3.8) is 0 Å². The van der Waals surface area contributed by atoms with Crippen LogP contribution in [0.5, 0.6) is 0 Å². The second-order valence-corrected chi connectivity index (χ2v) is 7.04. The number of H-pyrrole nitrogens is 1. The van der Waals surface area contributed by atoms with Gasteiger partial charge in [0.05, 0.1) is 10.5 Å². The van der Waals surface area contributed by atoms with Crippen molar-refractivity contribution < 1.29 is 24.4 Å². The summed E-state index contributed by atoms with van der Waals surface area (Å²) >= 11 is 0. The number of non-ortho nitro benzene ring substituents is 1. The van der Waals surface area contributed by atoms with Crippen LogP contribution in [0, 0.1) is 10.1 Å². The number of carbonyl (C=O) groups is 3. The topological polar surface area (TPSA) is 142 Å². The Bertz CT molecular complexity index is 1110. The Morgan fingerprint density at radius 1 is 1.28 bits per heavy atom. The monoisotopic (exact) mass is 395 g/mol. The predicted molar refractivity (Wildman–Crippen MR) is 104 cm³/mol. The van der Waals surface area contributed by atoms with E-state index in [4.69, 9.17) is 5.11 Å². The van der Waals surface area contributed by atoms with Crippen molar-refractivity contribution in [1.29, 1.82) is 0 Å². The first-order valence-corrected chi connectivity index (χ1v) is 9.15. The summed E-state index contributed by atoms with van der Waals surface area (Å²) in [7, 11) is 0. The minimum Gasteiger partial charge on any atom is -0.481 e. The van der Waals surface area contributed by atoms with E-state index in [0.717, 1.165) is 5.69 Å². The second kappa shape index (κ2) is 7.01. The maximum Gasteiger partial charge on any atom is 0.303 e. The Hall–Kier alpha value is -3.75. The molecule has 0 saturated heterocycles. The molecule has 0 fully saturated rings. The normalized spacial score (nSPS) is 16.5. The number of aryl methyl sites for hydroxylation is 1. The van der Waals surface area contributed by atoms with E-state index in [-0.39, 0.29) is 29.9 Å². The van der Waals surface area contributed by atoms with Gasteiger partial charge in [-0.1, -0.05) is 0 Å². The van der Waals surface area contributed by atoms with Crippen LogP contribution in [0.1, 0.15) is 52.1 Å². The van der Waals surface area contributed by atoms with Crippen molar-refractivity contribution in [2.24, 2.45) is 0 Å². The molecule has 9 heteroatoms. The number of nitrogens with one attached hydrogen (secondary N) is 2. The molecule has 0 radical (unpaired) electrons. The molecule has 0 bridgehead atoms. The van der Waals surface area contributed by atoms with Crippen LogP contribution in [0.3, 0.4) is 0 Å². The molecular weight excluding hydrogens is 378 g/mol. The number of nitrogens with zero attached hydrogens (tertiary/aromatic N) is 1. The standard InChI is InChI=1S/C20H17N3O6/c24-17-3-1-2-15-19(17)11(5-7-18(25)26)16(21-15)9-13-12-8-10(23(28)29)4-6-14(12)22-20(13)27/h4,6,8-9,21H,1-3,5,7H2,(H,22,27)(H,25,26)/b13-9-. The highest BCUT2D eigenvalue weighted by Gasteiger charge is 2.29. The zero-order chi connectivity index (χ0) is 20.7. The van der Waals surface area contributed by atoms with Gasteiger partial charge in [-0.05, 0) is 37.0 Å². The van der Waals surface area contributed by atoms with Crippen LogP contribution in [0.2, 0.25) is 0 Å². The number of fused-ring (bicyclic) bond motifs is 2. The molecule has 2 aliphatic rings. The molecule has 0 saturated carbocycles. The number of aromatic amines is 1. The van der Waals surface area contributed by atoms with Crippen molar-refractivity contribution in [3.8, 4) is 0 Å². The van der Waals surface area contributed by atoms with E-state index in [1.54, 1.807) is 6.08 Å². The van der Waals surface area contributed by atoms with Crippen molar-refractivity contribution in [2.45, 2.75) is 32.1 Å². The van der Waals surface area contributed by atoms with Gasteiger partial charge in [0.1, 0.15) is 0 Å². The third-order valence-corrected chi connectivity index (χ3v) is 5.20. The second-order valence-electron chi connectivity index (χ2n) is 7.04. The first kappa shape index (κ1) is 18.6. The number of rotatable bonds is 5. The van der Waals surface area contributed by atoms with E-state index in [9.17, 15) is 24.5 Å². The first-order chi connectivity index (χ1) is 13.8. The summed E-state index contributed by atoms with van der Waals surface area (Å²) in [6.07, 6.45) is 3.32. The van der Waals surface area contributed by atoms with Crippen molar-refractivity contribution in [2.75, 3.05) is 5.32 Å². The summed E-state index contributed by atoms with van der Waals surface area (Å²) in [5, 5.41) is 22.8. The highest BCUT2D eigenvalue weighted by molar-refractivity contribution is 6.35. The molecule has 0 spiro atoms. The lowest BCUT2D eigenvalue weighted by molar-refractivity contribution is -0.384. The van der Waals surface area contributed by atoms with Crippen LogP contribution < -0.4 is 5.32 Å².